The Morgan fingerprint density at radius 1 is 1.43 bits per heavy atom. The molecule has 1 atom stereocenters. The number of aryl methyl sites for hydroxylation is 2. The van der Waals surface area contributed by atoms with Crippen LogP contribution in [0.2, 0.25) is 0 Å². The molecule has 74 valence electrons. The monoisotopic (exact) mass is 189 g/mol. The summed E-state index contributed by atoms with van der Waals surface area (Å²) in [7, 11) is 0. The number of hydrogen-bond acceptors (Lipinski definition) is 2. The van der Waals surface area contributed by atoms with Crippen molar-refractivity contribution >= 4 is 5.57 Å². The van der Waals surface area contributed by atoms with Crippen molar-refractivity contribution in [2.45, 2.75) is 27.2 Å². The smallest absolute Gasteiger partial charge is 0.141 e. The third-order valence-corrected chi connectivity index (χ3v) is 2.63. The Morgan fingerprint density at radius 3 is 2.79 bits per heavy atom. The number of allylic oxidation sites excluding steroid dienone is 4. The minimum atomic E-state index is 0.615. The molecule has 14 heavy (non-hydrogen) atoms. The van der Waals surface area contributed by atoms with Crippen molar-refractivity contribution in [3.63, 3.8) is 0 Å². The van der Waals surface area contributed by atoms with Crippen LogP contribution < -0.4 is 0 Å². The maximum absolute atomic E-state index is 5.17. The first-order valence-corrected chi connectivity index (χ1v) is 4.99. The van der Waals surface area contributed by atoms with Gasteiger partial charge in [0.2, 0.25) is 0 Å². The van der Waals surface area contributed by atoms with E-state index in [1.54, 1.807) is 0 Å². The van der Waals surface area contributed by atoms with Gasteiger partial charge < -0.3 is 4.52 Å². The summed E-state index contributed by atoms with van der Waals surface area (Å²) < 4.78 is 5.17. The minimum Gasteiger partial charge on any atom is -0.361 e. The molecule has 1 aliphatic carbocycles. The van der Waals surface area contributed by atoms with Gasteiger partial charge in [-0.3, -0.25) is 0 Å². The number of nitrogens with zero attached hydrogens (tertiary/aromatic N) is 1. The molecule has 2 heteroatoms. The van der Waals surface area contributed by atoms with E-state index >= 15 is 0 Å². The zero-order valence-corrected chi connectivity index (χ0v) is 8.87. The number of hydrogen-bond donors (Lipinski definition) is 0. The van der Waals surface area contributed by atoms with Gasteiger partial charge >= 0.3 is 0 Å². The molecule has 0 spiro atoms. The molecule has 2 nitrogen and oxygen atoms in total. The second-order valence-corrected chi connectivity index (χ2v) is 3.96. The molecule has 2 rings (SSSR count). The van der Waals surface area contributed by atoms with Crippen LogP contribution in [0.15, 0.2) is 22.8 Å². The van der Waals surface area contributed by atoms with E-state index in [0.29, 0.717) is 5.92 Å². The van der Waals surface area contributed by atoms with Gasteiger partial charge in [-0.2, -0.15) is 0 Å². The van der Waals surface area contributed by atoms with Crippen molar-refractivity contribution in [1.29, 1.82) is 0 Å². The van der Waals surface area contributed by atoms with Crippen LogP contribution in [-0.4, -0.2) is 5.16 Å². The Morgan fingerprint density at radius 2 is 2.21 bits per heavy atom. The third kappa shape index (κ3) is 1.52. The molecular weight excluding hydrogens is 174 g/mol. The Labute approximate surface area is 84.3 Å². The highest BCUT2D eigenvalue weighted by molar-refractivity contribution is 5.71. The van der Waals surface area contributed by atoms with Gasteiger partial charge in [0.05, 0.1) is 5.69 Å². The Bertz CT molecular complexity index is 379. The first-order valence-electron chi connectivity index (χ1n) is 4.99. The fourth-order valence-corrected chi connectivity index (χ4v) is 1.97. The van der Waals surface area contributed by atoms with Gasteiger partial charge in [-0.05, 0) is 31.8 Å². The van der Waals surface area contributed by atoms with Crippen LogP contribution in [0.4, 0.5) is 0 Å². The normalized spacial score (nSPS) is 21.1. The van der Waals surface area contributed by atoms with E-state index in [4.69, 9.17) is 4.52 Å². The first-order chi connectivity index (χ1) is 6.68. The Hall–Kier alpha value is -1.31. The molecule has 0 aromatic carbocycles. The Balaban J connectivity index is 2.40. The zero-order chi connectivity index (χ0) is 10.1. The quantitative estimate of drug-likeness (QED) is 0.677. The molecule has 0 radical (unpaired) electrons. The van der Waals surface area contributed by atoms with Crippen LogP contribution in [0, 0.1) is 19.8 Å². The Kier molecular flexibility index (Phi) is 2.28. The summed E-state index contributed by atoms with van der Waals surface area (Å²) in [6.07, 6.45) is 7.59. The van der Waals surface area contributed by atoms with Gasteiger partial charge in [0.25, 0.3) is 0 Å². The molecular formula is C12H15NO. The maximum Gasteiger partial charge on any atom is 0.141 e. The SMILES string of the molecule is Cc1noc(C)c1C1=CC=CC(C)C1. The molecule has 0 N–H and O–H groups in total. The van der Waals surface area contributed by atoms with Crippen LogP contribution in [0.1, 0.15) is 30.4 Å². The van der Waals surface area contributed by atoms with Crippen molar-refractivity contribution in [2.75, 3.05) is 0 Å². The predicted molar refractivity (Wildman–Crippen MR) is 56.9 cm³/mol. The van der Waals surface area contributed by atoms with Gasteiger partial charge in [0.15, 0.2) is 0 Å². The van der Waals surface area contributed by atoms with Crippen LogP contribution in [0.3, 0.4) is 0 Å². The van der Waals surface area contributed by atoms with Crippen molar-refractivity contribution in [3.8, 4) is 0 Å². The van der Waals surface area contributed by atoms with E-state index in [0.717, 1.165) is 17.9 Å². The zero-order valence-electron chi connectivity index (χ0n) is 8.87. The summed E-state index contributed by atoms with van der Waals surface area (Å²) in [4.78, 5) is 0. The highest BCUT2D eigenvalue weighted by Gasteiger charge is 2.16. The molecule has 0 aliphatic heterocycles. The van der Waals surface area contributed by atoms with Gasteiger partial charge in [-0.1, -0.05) is 30.3 Å². The second kappa shape index (κ2) is 3.45. The van der Waals surface area contributed by atoms with Crippen molar-refractivity contribution in [3.05, 3.63) is 35.2 Å². The first kappa shape index (κ1) is 9.25. The average Bonchev–Trinajstić information content (AvgIpc) is 2.46. The van der Waals surface area contributed by atoms with Crippen molar-refractivity contribution < 1.29 is 4.52 Å². The van der Waals surface area contributed by atoms with Crippen molar-refractivity contribution in [1.82, 2.24) is 5.16 Å². The van der Waals surface area contributed by atoms with Gasteiger partial charge in [-0.25, -0.2) is 0 Å². The molecule has 0 saturated heterocycles. The second-order valence-electron chi connectivity index (χ2n) is 3.96. The van der Waals surface area contributed by atoms with E-state index < -0.39 is 0 Å². The summed E-state index contributed by atoms with van der Waals surface area (Å²) >= 11 is 0. The van der Waals surface area contributed by atoms with Gasteiger partial charge in [-0.15, -0.1) is 0 Å². The third-order valence-electron chi connectivity index (χ3n) is 2.63. The van der Waals surface area contributed by atoms with E-state index in [1.165, 1.54) is 11.1 Å². The molecule has 0 amide bonds. The van der Waals surface area contributed by atoms with E-state index in [9.17, 15) is 0 Å². The predicted octanol–water partition coefficient (Wildman–Crippen LogP) is 3.27. The van der Waals surface area contributed by atoms with Crippen LogP contribution in [0.25, 0.3) is 5.57 Å². The molecule has 1 heterocycles. The van der Waals surface area contributed by atoms with E-state index in [1.807, 2.05) is 13.8 Å². The van der Waals surface area contributed by atoms with Crippen molar-refractivity contribution in [2.24, 2.45) is 5.92 Å². The number of aromatic nitrogens is 1. The highest BCUT2D eigenvalue weighted by atomic mass is 16.5. The topological polar surface area (TPSA) is 26.0 Å². The van der Waals surface area contributed by atoms with Crippen LogP contribution in [0.5, 0.6) is 0 Å². The summed E-state index contributed by atoms with van der Waals surface area (Å²) in [5.74, 6) is 1.54. The summed E-state index contributed by atoms with van der Waals surface area (Å²) in [5, 5.41) is 3.98. The highest BCUT2D eigenvalue weighted by Crippen LogP contribution is 2.30. The van der Waals surface area contributed by atoms with Gasteiger partial charge in [0.1, 0.15) is 5.76 Å². The fraction of sp³-hybridized carbons (Fsp3) is 0.417. The molecule has 0 bridgehead atoms. The molecule has 1 aromatic heterocycles. The number of rotatable bonds is 1. The van der Waals surface area contributed by atoms with Crippen LogP contribution >= 0.6 is 0 Å². The standard InChI is InChI=1S/C12H15NO/c1-8-5-4-6-11(7-8)12-9(2)13-14-10(12)3/h4-6,8H,7H2,1-3H3. The molecule has 0 fully saturated rings. The van der Waals surface area contributed by atoms with Crippen LogP contribution in [-0.2, 0) is 0 Å². The molecule has 1 aliphatic rings. The summed E-state index contributed by atoms with van der Waals surface area (Å²) in [6, 6.07) is 0. The summed E-state index contributed by atoms with van der Waals surface area (Å²) in [5.41, 5.74) is 3.54. The lowest BCUT2D eigenvalue weighted by atomic mass is 9.90. The molecule has 1 unspecified atom stereocenters. The molecule has 1 aromatic rings. The maximum atomic E-state index is 5.17. The lowest BCUT2D eigenvalue weighted by molar-refractivity contribution is 0.393. The van der Waals surface area contributed by atoms with E-state index in [2.05, 4.69) is 30.3 Å². The largest absolute Gasteiger partial charge is 0.361 e. The average molecular weight is 189 g/mol. The van der Waals surface area contributed by atoms with E-state index in [-0.39, 0.29) is 0 Å². The lowest BCUT2D eigenvalue weighted by Gasteiger charge is -2.13. The minimum absolute atomic E-state index is 0.615. The summed E-state index contributed by atoms with van der Waals surface area (Å²) in [6.45, 7) is 6.19. The van der Waals surface area contributed by atoms with Gasteiger partial charge in [0, 0.05) is 5.56 Å². The lowest BCUT2D eigenvalue weighted by Crippen LogP contribution is -1.98. The molecule has 0 saturated carbocycles. The fourth-order valence-electron chi connectivity index (χ4n) is 1.97.